The van der Waals surface area contributed by atoms with Crippen LogP contribution in [0.5, 0.6) is 0 Å². The predicted octanol–water partition coefficient (Wildman–Crippen LogP) is 1.33. The number of nitrogens with zero attached hydrogens (tertiary/aromatic N) is 2. The highest BCUT2D eigenvalue weighted by Gasteiger charge is 2.55. The average Bonchev–Trinajstić information content (AvgIpc) is 2.87. The molecule has 0 aliphatic carbocycles. The lowest BCUT2D eigenvalue weighted by Crippen LogP contribution is -2.71. The van der Waals surface area contributed by atoms with Gasteiger partial charge in [-0.05, 0) is 18.4 Å². The SMILES string of the molecule is CCC(CC)OC(=O)OC(C)OC(=O)C1=C(COC)CS[C@H]2C(NC(=O)C(=NOC)C(=O)CCl)C(=O)N12. The van der Waals surface area contributed by atoms with Crippen molar-refractivity contribution in [3.05, 3.63) is 11.3 Å². The topological polar surface area (TPSA) is 159 Å². The summed E-state index contributed by atoms with van der Waals surface area (Å²) < 4.78 is 20.6. The first-order valence-corrected chi connectivity index (χ1v) is 13.0. The molecule has 2 unspecified atom stereocenters. The number of fused-ring (bicyclic) bond motifs is 1. The van der Waals surface area contributed by atoms with E-state index < -0.39 is 59.0 Å². The lowest BCUT2D eigenvalue weighted by atomic mass is 10.0. The van der Waals surface area contributed by atoms with E-state index in [0.717, 1.165) is 7.11 Å². The first-order valence-electron chi connectivity index (χ1n) is 11.4. The first kappa shape index (κ1) is 30.4. The monoisotopic (exact) mass is 563 g/mol. The minimum absolute atomic E-state index is 0.0335. The molecule has 0 bridgehead atoms. The number of alkyl halides is 1. The number of ether oxygens (including phenoxy) is 4. The van der Waals surface area contributed by atoms with Gasteiger partial charge in [0, 0.05) is 19.8 Å². The molecule has 2 amide bonds. The maximum absolute atomic E-state index is 13.0. The van der Waals surface area contributed by atoms with E-state index in [9.17, 15) is 24.0 Å². The Morgan fingerprint density at radius 2 is 1.84 bits per heavy atom. The largest absolute Gasteiger partial charge is 0.511 e. The van der Waals surface area contributed by atoms with Gasteiger partial charge in [0.15, 0.2) is 0 Å². The molecule has 0 saturated carbocycles. The standard InChI is InChI=1S/C22H30ClN3O10S/c1-6-13(7-2)36-22(31)35-11(3)34-21(30)17-12(9-32-4)10-37-20-16(19(29)26(17)20)24-18(28)15(25-33-5)14(27)8-23/h11,13,16,20H,6-10H2,1-5H3,(H,24,28)/t11?,16?,20-/m0/s1. The van der Waals surface area contributed by atoms with Crippen molar-refractivity contribution in [3.63, 3.8) is 0 Å². The van der Waals surface area contributed by atoms with E-state index in [4.69, 9.17) is 30.5 Å². The van der Waals surface area contributed by atoms with Gasteiger partial charge in [-0.2, -0.15) is 0 Å². The maximum Gasteiger partial charge on any atom is 0.511 e. The second-order valence-electron chi connectivity index (χ2n) is 7.82. The van der Waals surface area contributed by atoms with Gasteiger partial charge < -0.3 is 29.1 Å². The van der Waals surface area contributed by atoms with Crippen LogP contribution in [-0.2, 0) is 43.0 Å². The zero-order valence-corrected chi connectivity index (χ0v) is 22.7. The van der Waals surface area contributed by atoms with Gasteiger partial charge in [0.2, 0.25) is 17.8 Å². The number of oxime groups is 1. The average molecular weight is 564 g/mol. The van der Waals surface area contributed by atoms with Crippen molar-refractivity contribution in [3.8, 4) is 0 Å². The van der Waals surface area contributed by atoms with E-state index in [-0.39, 0.29) is 24.2 Å². The summed E-state index contributed by atoms with van der Waals surface area (Å²) in [5, 5.41) is 5.15. The third-order valence-electron chi connectivity index (χ3n) is 5.34. The number of halogens is 1. The lowest BCUT2D eigenvalue weighted by molar-refractivity contribution is -0.169. The molecule has 0 aromatic heterocycles. The normalized spacial score (nSPS) is 20.0. The Hall–Kier alpha value is -2.84. The highest BCUT2D eigenvalue weighted by atomic mass is 35.5. The molecule has 206 valence electrons. The molecular formula is C22H30ClN3O10S. The number of carbonyl (C=O) groups is 5. The van der Waals surface area contributed by atoms with Gasteiger partial charge in [0.1, 0.15) is 30.3 Å². The molecule has 13 nitrogen and oxygen atoms in total. The number of thioether (sulfide) groups is 1. The zero-order chi connectivity index (χ0) is 27.7. The Morgan fingerprint density at radius 3 is 2.41 bits per heavy atom. The van der Waals surface area contributed by atoms with Crippen molar-refractivity contribution < 1.29 is 47.8 Å². The highest BCUT2D eigenvalue weighted by Crippen LogP contribution is 2.40. The Kier molecular flexibility index (Phi) is 11.7. The van der Waals surface area contributed by atoms with Crippen molar-refractivity contribution in [1.29, 1.82) is 0 Å². The van der Waals surface area contributed by atoms with Crippen LogP contribution in [0.25, 0.3) is 0 Å². The van der Waals surface area contributed by atoms with E-state index in [0.29, 0.717) is 18.4 Å². The highest BCUT2D eigenvalue weighted by molar-refractivity contribution is 8.00. The molecule has 37 heavy (non-hydrogen) atoms. The van der Waals surface area contributed by atoms with Crippen molar-refractivity contribution in [1.82, 2.24) is 10.2 Å². The molecule has 0 radical (unpaired) electrons. The first-order chi connectivity index (χ1) is 17.6. The number of hydrogen-bond acceptors (Lipinski definition) is 12. The summed E-state index contributed by atoms with van der Waals surface area (Å²) in [6, 6.07) is -1.06. The Bertz CT molecular complexity index is 968. The second kappa shape index (κ2) is 14.2. The fraction of sp³-hybridized carbons (Fsp3) is 0.636. The number of Topliss-reactive ketones (excluding diaryl/α,β-unsaturated/α-hetero) is 1. The van der Waals surface area contributed by atoms with Crippen molar-refractivity contribution in [2.75, 3.05) is 32.5 Å². The Balaban J connectivity index is 2.14. The Labute approximate surface area is 223 Å². The molecule has 2 rings (SSSR count). The summed E-state index contributed by atoms with van der Waals surface area (Å²) >= 11 is 6.78. The third kappa shape index (κ3) is 7.36. The van der Waals surface area contributed by atoms with Crippen molar-refractivity contribution in [2.45, 2.75) is 57.4 Å². The van der Waals surface area contributed by atoms with E-state index >= 15 is 0 Å². The van der Waals surface area contributed by atoms with E-state index in [1.54, 1.807) is 0 Å². The minimum Gasteiger partial charge on any atom is -0.431 e. The number of ketones is 1. The number of hydrogen-bond donors (Lipinski definition) is 1. The van der Waals surface area contributed by atoms with Crippen LogP contribution in [0.3, 0.4) is 0 Å². The molecule has 1 N–H and O–H groups in total. The van der Waals surface area contributed by atoms with Gasteiger partial charge in [0.25, 0.3) is 11.8 Å². The molecule has 15 heteroatoms. The molecule has 2 aliphatic heterocycles. The lowest BCUT2D eigenvalue weighted by Gasteiger charge is -2.49. The smallest absolute Gasteiger partial charge is 0.431 e. The quantitative estimate of drug-likeness (QED) is 0.0655. The summed E-state index contributed by atoms with van der Waals surface area (Å²) in [6.45, 7) is 5.08. The molecule has 0 aromatic carbocycles. The molecule has 0 spiro atoms. The summed E-state index contributed by atoms with van der Waals surface area (Å²) in [5.74, 6) is -3.50. The van der Waals surface area contributed by atoms with Crippen molar-refractivity contribution in [2.24, 2.45) is 5.16 Å². The van der Waals surface area contributed by atoms with Crippen LogP contribution >= 0.6 is 23.4 Å². The molecule has 3 atom stereocenters. The fourth-order valence-electron chi connectivity index (χ4n) is 3.53. The zero-order valence-electron chi connectivity index (χ0n) is 21.1. The second-order valence-corrected chi connectivity index (χ2v) is 9.19. The number of nitrogens with one attached hydrogen (secondary N) is 1. The molecule has 2 heterocycles. The van der Waals surface area contributed by atoms with Gasteiger partial charge >= 0.3 is 12.1 Å². The van der Waals surface area contributed by atoms with Gasteiger partial charge in [-0.15, -0.1) is 23.4 Å². The van der Waals surface area contributed by atoms with Crippen LogP contribution in [0.1, 0.15) is 33.6 Å². The van der Waals surface area contributed by atoms with Crippen LogP contribution < -0.4 is 5.32 Å². The number of methoxy groups -OCH3 is 1. The van der Waals surface area contributed by atoms with Crippen LogP contribution in [0.2, 0.25) is 0 Å². The Morgan fingerprint density at radius 1 is 1.16 bits per heavy atom. The third-order valence-corrected chi connectivity index (χ3v) is 6.92. The van der Waals surface area contributed by atoms with E-state index in [1.807, 2.05) is 13.8 Å². The number of esters is 1. The van der Waals surface area contributed by atoms with Gasteiger partial charge in [-0.1, -0.05) is 19.0 Å². The molecule has 1 fully saturated rings. The van der Waals surface area contributed by atoms with E-state index in [2.05, 4.69) is 15.3 Å². The summed E-state index contributed by atoms with van der Waals surface area (Å²) in [7, 11) is 2.58. The summed E-state index contributed by atoms with van der Waals surface area (Å²) in [4.78, 5) is 68.1. The number of β-lactam (4-membered cyclic amide) rings is 1. The van der Waals surface area contributed by atoms with Gasteiger partial charge in [-0.25, -0.2) is 9.59 Å². The predicted molar refractivity (Wildman–Crippen MR) is 132 cm³/mol. The van der Waals surface area contributed by atoms with Crippen molar-refractivity contribution >= 4 is 58.8 Å². The number of rotatable bonds is 13. The van der Waals surface area contributed by atoms with Gasteiger partial charge in [-0.3, -0.25) is 19.3 Å². The van der Waals surface area contributed by atoms with E-state index in [1.165, 1.54) is 30.7 Å². The molecule has 0 aromatic rings. The summed E-state index contributed by atoms with van der Waals surface area (Å²) in [6.07, 6.45) is -1.43. The minimum atomic E-state index is -1.31. The van der Waals surface area contributed by atoms with Crippen LogP contribution in [0, 0.1) is 0 Å². The van der Waals surface area contributed by atoms with Crippen LogP contribution in [-0.4, -0.2) is 96.6 Å². The fourth-order valence-corrected chi connectivity index (χ4v) is 4.98. The maximum atomic E-state index is 13.0. The van der Waals surface area contributed by atoms with Crippen LogP contribution in [0.4, 0.5) is 4.79 Å². The summed E-state index contributed by atoms with van der Waals surface area (Å²) in [5.41, 5.74) is -0.198. The number of amides is 2. The molecular weight excluding hydrogens is 534 g/mol. The van der Waals surface area contributed by atoms with Gasteiger partial charge in [0.05, 0.1) is 12.5 Å². The van der Waals surface area contributed by atoms with Crippen LogP contribution in [0.15, 0.2) is 16.4 Å². The molecule has 1 saturated heterocycles. The molecule has 2 aliphatic rings. The number of carbonyl (C=O) groups excluding carboxylic acids is 5.